The molecule has 0 aliphatic carbocycles. The maximum absolute atomic E-state index is 12.2. The summed E-state index contributed by atoms with van der Waals surface area (Å²) in [4.78, 5) is 7.68. The van der Waals surface area contributed by atoms with Gasteiger partial charge in [-0.25, -0.2) is 9.97 Å². The largest absolute Gasteiger partial charge is 0.405 e. The molecule has 0 bridgehead atoms. The SMILES string of the molecule is Cc1cnc(SCC(C#N)C(F)(F)F)nc1. The van der Waals surface area contributed by atoms with Crippen LogP contribution in [0.3, 0.4) is 0 Å². The summed E-state index contributed by atoms with van der Waals surface area (Å²) in [6, 6.07) is 1.22. The Balaban J connectivity index is 2.57. The molecule has 0 radical (unpaired) electrons. The van der Waals surface area contributed by atoms with Crippen LogP contribution in [0.5, 0.6) is 0 Å². The molecule has 0 fully saturated rings. The average molecular weight is 247 g/mol. The van der Waals surface area contributed by atoms with Gasteiger partial charge in [0.05, 0.1) is 6.07 Å². The fourth-order valence-corrected chi connectivity index (χ4v) is 1.65. The lowest BCUT2D eigenvalue weighted by Gasteiger charge is -2.11. The van der Waals surface area contributed by atoms with E-state index in [4.69, 9.17) is 5.26 Å². The van der Waals surface area contributed by atoms with Crippen molar-refractivity contribution in [3.05, 3.63) is 18.0 Å². The third-order valence-corrected chi connectivity index (χ3v) is 2.66. The van der Waals surface area contributed by atoms with Crippen LogP contribution in [0.2, 0.25) is 0 Å². The molecule has 16 heavy (non-hydrogen) atoms. The Hall–Kier alpha value is -1.29. The quantitative estimate of drug-likeness (QED) is 0.608. The zero-order chi connectivity index (χ0) is 12.2. The van der Waals surface area contributed by atoms with E-state index < -0.39 is 12.1 Å². The second-order valence-corrected chi connectivity index (χ2v) is 4.06. The second-order valence-electron chi connectivity index (χ2n) is 3.08. The first-order valence-corrected chi connectivity index (χ1v) is 5.30. The number of alkyl halides is 3. The summed E-state index contributed by atoms with van der Waals surface area (Å²) in [5.74, 6) is -2.37. The third kappa shape index (κ3) is 3.70. The summed E-state index contributed by atoms with van der Waals surface area (Å²) in [7, 11) is 0. The number of nitriles is 1. The Bertz CT molecular complexity index is 382. The molecule has 1 rings (SSSR count). The van der Waals surface area contributed by atoms with E-state index in [2.05, 4.69) is 9.97 Å². The summed E-state index contributed by atoms with van der Waals surface area (Å²) in [6.07, 6.45) is -1.46. The summed E-state index contributed by atoms with van der Waals surface area (Å²) in [6.45, 7) is 1.78. The van der Waals surface area contributed by atoms with Crippen LogP contribution in [0.4, 0.5) is 13.2 Å². The fourth-order valence-electron chi connectivity index (χ4n) is 0.818. The summed E-state index contributed by atoms with van der Waals surface area (Å²) in [5, 5.41) is 8.61. The van der Waals surface area contributed by atoms with E-state index >= 15 is 0 Å². The molecule has 86 valence electrons. The Morgan fingerprint density at radius 1 is 1.44 bits per heavy atom. The molecular formula is C9H8F3N3S. The number of halogens is 3. The van der Waals surface area contributed by atoms with Gasteiger partial charge in [0.25, 0.3) is 0 Å². The lowest BCUT2D eigenvalue weighted by atomic mass is 10.2. The van der Waals surface area contributed by atoms with E-state index in [0.29, 0.717) is 0 Å². The lowest BCUT2D eigenvalue weighted by molar-refractivity contribution is -0.152. The molecule has 0 aliphatic heterocycles. The van der Waals surface area contributed by atoms with Gasteiger partial charge in [-0.05, 0) is 12.5 Å². The van der Waals surface area contributed by atoms with Gasteiger partial charge < -0.3 is 0 Å². The first-order chi connectivity index (χ1) is 7.43. The first kappa shape index (κ1) is 12.8. The summed E-state index contributed by atoms with van der Waals surface area (Å²) in [5.41, 5.74) is 0.831. The van der Waals surface area contributed by atoms with Gasteiger partial charge in [0.15, 0.2) is 11.1 Å². The van der Waals surface area contributed by atoms with Crippen molar-refractivity contribution in [2.75, 3.05) is 5.75 Å². The van der Waals surface area contributed by atoms with E-state index in [9.17, 15) is 13.2 Å². The van der Waals surface area contributed by atoms with E-state index in [0.717, 1.165) is 17.3 Å². The van der Waals surface area contributed by atoms with Crippen molar-refractivity contribution in [2.24, 2.45) is 5.92 Å². The predicted octanol–water partition coefficient (Wildman–Crippen LogP) is 2.58. The first-order valence-electron chi connectivity index (χ1n) is 4.31. The van der Waals surface area contributed by atoms with Gasteiger partial charge in [-0.3, -0.25) is 0 Å². The van der Waals surface area contributed by atoms with Crippen molar-refractivity contribution in [1.82, 2.24) is 9.97 Å². The van der Waals surface area contributed by atoms with Crippen LogP contribution in [0.25, 0.3) is 0 Å². The van der Waals surface area contributed by atoms with Gasteiger partial charge in [0, 0.05) is 18.1 Å². The fraction of sp³-hybridized carbons (Fsp3) is 0.444. The normalized spacial score (nSPS) is 13.2. The summed E-state index contributed by atoms with van der Waals surface area (Å²) < 4.78 is 36.6. The van der Waals surface area contributed by atoms with Crippen LogP contribution >= 0.6 is 11.8 Å². The van der Waals surface area contributed by atoms with Crippen LogP contribution in [0.15, 0.2) is 17.6 Å². The van der Waals surface area contributed by atoms with Crippen LogP contribution in [-0.4, -0.2) is 21.9 Å². The molecule has 1 unspecified atom stereocenters. The highest BCUT2D eigenvalue weighted by atomic mass is 32.2. The Labute approximate surface area is 94.7 Å². The minimum atomic E-state index is -4.49. The van der Waals surface area contributed by atoms with Crippen molar-refractivity contribution in [2.45, 2.75) is 18.3 Å². The minimum absolute atomic E-state index is 0.245. The number of nitrogens with zero attached hydrogens (tertiary/aromatic N) is 3. The molecule has 0 N–H and O–H groups in total. The molecule has 0 spiro atoms. The van der Waals surface area contributed by atoms with E-state index in [1.165, 1.54) is 18.5 Å². The molecule has 7 heteroatoms. The van der Waals surface area contributed by atoms with Crippen molar-refractivity contribution >= 4 is 11.8 Å². The van der Waals surface area contributed by atoms with Crippen molar-refractivity contribution < 1.29 is 13.2 Å². The Morgan fingerprint density at radius 2 is 2.00 bits per heavy atom. The van der Waals surface area contributed by atoms with Crippen LogP contribution < -0.4 is 0 Å². The molecule has 0 saturated heterocycles. The van der Waals surface area contributed by atoms with Crippen molar-refractivity contribution in [3.63, 3.8) is 0 Å². The maximum atomic E-state index is 12.2. The number of aromatic nitrogens is 2. The van der Waals surface area contributed by atoms with Gasteiger partial charge in [-0.2, -0.15) is 18.4 Å². The second kappa shape index (κ2) is 5.16. The highest BCUT2D eigenvalue weighted by molar-refractivity contribution is 7.99. The average Bonchev–Trinajstić information content (AvgIpc) is 2.19. The number of thioether (sulfide) groups is 1. The van der Waals surface area contributed by atoms with E-state index in [1.807, 2.05) is 0 Å². The van der Waals surface area contributed by atoms with E-state index in [-0.39, 0.29) is 10.9 Å². The van der Waals surface area contributed by atoms with E-state index in [1.54, 1.807) is 6.92 Å². The zero-order valence-corrected chi connectivity index (χ0v) is 9.14. The molecule has 1 atom stereocenters. The topological polar surface area (TPSA) is 49.6 Å². The highest BCUT2D eigenvalue weighted by Gasteiger charge is 2.39. The summed E-state index contributed by atoms with van der Waals surface area (Å²) >= 11 is 0.824. The maximum Gasteiger partial charge on any atom is 0.405 e. The minimum Gasteiger partial charge on any atom is -0.231 e. The van der Waals surface area contributed by atoms with Crippen LogP contribution in [0, 0.1) is 24.2 Å². The van der Waals surface area contributed by atoms with Gasteiger partial charge in [0.1, 0.15) is 0 Å². The smallest absolute Gasteiger partial charge is 0.231 e. The van der Waals surface area contributed by atoms with Crippen molar-refractivity contribution in [1.29, 1.82) is 5.26 Å². The monoisotopic (exact) mass is 247 g/mol. The molecule has 3 nitrogen and oxygen atoms in total. The standard InChI is InChI=1S/C9H8F3N3S/c1-6-3-14-8(15-4-6)16-5-7(2-13)9(10,11)12/h3-4,7H,5H2,1H3. The Morgan fingerprint density at radius 3 is 2.44 bits per heavy atom. The predicted molar refractivity (Wildman–Crippen MR) is 52.7 cm³/mol. The number of hydrogen-bond acceptors (Lipinski definition) is 4. The molecule has 0 aliphatic rings. The molecule has 0 amide bonds. The number of hydrogen-bond donors (Lipinski definition) is 0. The lowest BCUT2D eigenvalue weighted by Crippen LogP contribution is -2.23. The molecule has 1 aromatic heterocycles. The zero-order valence-electron chi connectivity index (χ0n) is 8.32. The number of rotatable bonds is 3. The van der Waals surface area contributed by atoms with Gasteiger partial charge in [0.2, 0.25) is 0 Å². The molecule has 0 saturated carbocycles. The highest BCUT2D eigenvalue weighted by Crippen LogP contribution is 2.29. The molecule has 1 aromatic rings. The van der Waals surface area contributed by atoms with Gasteiger partial charge in [-0.15, -0.1) is 0 Å². The number of aryl methyl sites for hydroxylation is 1. The van der Waals surface area contributed by atoms with Crippen molar-refractivity contribution in [3.8, 4) is 6.07 Å². The molecular weight excluding hydrogens is 239 g/mol. The van der Waals surface area contributed by atoms with Gasteiger partial charge >= 0.3 is 6.18 Å². The Kier molecular flexibility index (Phi) is 4.12. The molecule has 1 heterocycles. The van der Waals surface area contributed by atoms with Crippen LogP contribution in [0.1, 0.15) is 5.56 Å². The molecule has 0 aromatic carbocycles. The van der Waals surface area contributed by atoms with Crippen LogP contribution in [-0.2, 0) is 0 Å². The van der Waals surface area contributed by atoms with Gasteiger partial charge in [-0.1, -0.05) is 11.8 Å². The third-order valence-electron chi connectivity index (χ3n) is 1.69.